The third kappa shape index (κ3) is 7.22. The molecule has 2 N–H and O–H groups in total. The van der Waals surface area contributed by atoms with Crippen molar-refractivity contribution in [2.45, 2.75) is 65.6 Å². The van der Waals surface area contributed by atoms with Gasteiger partial charge in [0.15, 0.2) is 0 Å². The standard InChI is InChI=1S/C22H33FN2O4/c1-21(2,3)28-19(26)18(11-14-9-16(23)12-17(24)10-14)15-7-8-25(13-15)20(27)29-22(4,5)6/h9-10,12,15,18H,7-8,11,13,24H2,1-6H3/t15-,18-/m0/s1. The summed E-state index contributed by atoms with van der Waals surface area (Å²) in [6.45, 7) is 11.8. The molecule has 162 valence electrons. The highest BCUT2D eigenvalue weighted by Gasteiger charge is 2.39. The van der Waals surface area contributed by atoms with Crippen LogP contribution in [0.5, 0.6) is 0 Å². The van der Waals surface area contributed by atoms with E-state index in [4.69, 9.17) is 15.2 Å². The van der Waals surface area contributed by atoms with Crippen molar-refractivity contribution in [3.63, 3.8) is 0 Å². The number of anilines is 1. The second-order valence-corrected chi connectivity index (χ2v) is 9.71. The highest BCUT2D eigenvalue weighted by Crippen LogP contribution is 2.31. The number of nitrogen functional groups attached to an aromatic ring is 1. The molecule has 0 bridgehead atoms. The monoisotopic (exact) mass is 408 g/mol. The number of nitrogens with two attached hydrogens (primary N) is 1. The Morgan fingerprint density at radius 2 is 1.76 bits per heavy atom. The van der Waals surface area contributed by atoms with Gasteiger partial charge in [-0.15, -0.1) is 0 Å². The van der Waals surface area contributed by atoms with Crippen LogP contribution in [0.25, 0.3) is 0 Å². The molecule has 0 aromatic heterocycles. The van der Waals surface area contributed by atoms with E-state index in [0.717, 1.165) is 0 Å². The van der Waals surface area contributed by atoms with E-state index in [9.17, 15) is 14.0 Å². The summed E-state index contributed by atoms with van der Waals surface area (Å²) in [4.78, 5) is 27.0. The number of carbonyl (C=O) groups is 2. The Morgan fingerprint density at radius 1 is 1.14 bits per heavy atom. The molecule has 0 spiro atoms. The van der Waals surface area contributed by atoms with Gasteiger partial charge in [0.1, 0.15) is 17.0 Å². The molecule has 2 rings (SSSR count). The minimum atomic E-state index is -0.639. The van der Waals surface area contributed by atoms with Crippen LogP contribution in [0.1, 0.15) is 53.5 Å². The molecular weight excluding hydrogens is 375 g/mol. The second-order valence-electron chi connectivity index (χ2n) is 9.71. The van der Waals surface area contributed by atoms with Crippen molar-refractivity contribution in [3.8, 4) is 0 Å². The van der Waals surface area contributed by atoms with Gasteiger partial charge < -0.3 is 20.1 Å². The van der Waals surface area contributed by atoms with E-state index in [0.29, 0.717) is 37.2 Å². The molecule has 0 aliphatic carbocycles. The Kier molecular flexibility index (Phi) is 6.81. The molecule has 7 heteroatoms. The summed E-state index contributed by atoms with van der Waals surface area (Å²) >= 11 is 0. The van der Waals surface area contributed by atoms with Gasteiger partial charge in [-0.2, -0.15) is 0 Å². The lowest BCUT2D eigenvalue weighted by Gasteiger charge is -2.28. The number of esters is 1. The van der Waals surface area contributed by atoms with Gasteiger partial charge in [-0.1, -0.05) is 0 Å². The first-order chi connectivity index (χ1) is 13.2. The first-order valence-corrected chi connectivity index (χ1v) is 9.99. The highest BCUT2D eigenvalue weighted by atomic mass is 19.1. The zero-order valence-electron chi connectivity index (χ0n) is 18.3. The lowest BCUT2D eigenvalue weighted by molar-refractivity contribution is -0.161. The van der Waals surface area contributed by atoms with Crippen molar-refractivity contribution in [1.82, 2.24) is 4.90 Å². The molecule has 1 heterocycles. The Hall–Kier alpha value is -2.31. The summed E-state index contributed by atoms with van der Waals surface area (Å²) in [6.07, 6.45) is 0.551. The molecule has 2 atom stereocenters. The van der Waals surface area contributed by atoms with Gasteiger partial charge in [0.05, 0.1) is 5.92 Å². The van der Waals surface area contributed by atoms with E-state index in [1.54, 1.807) is 11.0 Å². The lowest BCUT2D eigenvalue weighted by atomic mass is 9.86. The van der Waals surface area contributed by atoms with E-state index in [1.165, 1.54) is 12.1 Å². The molecule has 1 fully saturated rings. The summed E-state index contributed by atoms with van der Waals surface area (Å²) in [5.41, 5.74) is 5.48. The zero-order valence-corrected chi connectivity index (χ0v) is 18.3. The van der Waals surface area contributed by atoms with Gasteiger partial charge in [-0.3, -0.25) is 4.79 Å². The van der Waals surface area contributed by atoms with Crippen LogP contribution in [0.4, 0.5) is 14.9 Å². The minimum Gasteiger partial charge on any atom is -0.460 e. The first-order valence-electron chi connectivity index (χ1n) is 9.99. The van der Waals surface area contributed by atoms with Crippen molar-refractivity contribution in [1.29, 1.82) is 0 Å². The average molecular weight is 409 g/mol. The molecule has 1 saturated heterocycles. The fourth-order valence-electron chi connectivity index (χ4n) is 3.48. The molecule has 0 unspecified atom stereocenters. The largest absolute Gasteiger partial charge is 0.460 e. The van der Waals surface area contributed by atoms with Crippen molar-refractivity contribution in [2.75, 3.05) is 18.8 Å². The molecule has 1 aliphatic heterocycles. The number of likely N-dealkylation sites (tertiary alicyclic amines) is 1. The van der Waals surface area contributed by atoms with E-state index in [-0.39, 0.29) is 11.9 Å². The van der Waals surface area contributed by atoms with Crippen LogP contribution in [0.2, 0.25) is 0 Å². The predicted octanol–water partition coefficient (Wildman–Crippen LogP) is 4.17. The van der Waals surface area contributed by atoms with Crippen molar-refractivity contribution in [3.05, 3.63) is 29.6 Å². The number of hydrogen-bond acceptors (Lipinski definition) is 5. The molecule has 0 saturated carbocycles. The fraction of sp³-hybridized carbons (Fsp3) is 0.636. The van der Waals surface area contributed by atoms with Crippen molar-refractivity contribution >= 4 is 17.7 Å². The van der Waals surface area contributed by atoms with E-state index < -0.39 is 29.0 Å². The van der Waals surface area contributed by atoms with Gasteiger partial charge in [-0.05, 0) is 84.1 Å². The minimum absolute atomic E-state index is 0.109. The Bertz CT molecular complexity index is 732. The molecule has 0 radical (unpaired) electrons. The Balaban J connectivity index is 2.19. The summed E-state index contributed by atoms with van der Waals surface area (Å²) in [5.74, 6) is -1.41. The quantitative estimate of drug-likeness (QED) is 0.597. The van der Waals surface area contributed by atoms with Crippen LogP contribution in [0, 0.1) is 17.7 Å². The van der Waals surface area contributed by atoms with E-state index in [1.807, 2.05) is 41.5 Å². The molecule has 1 amide bonds. The molecular formula is C22H33FN2O4. The van der Waals surface area contributed by atoms with Crippen LogP contribution < -0.4 is 5.73 Å². The fourth-order valence-corrected chi connectivity index (χ4v) is 3.48. The van der Waals surface area contributed by atoms with Gasteiger partial charge in [0, 0.05) is 18.8 Å². The third-order valence-corrected chi connectivity index (χ3v) is 4.59. The number of nitrogens with zero attached hydrogens (tertiary/aromatic N) is 1. The van der Waals surface area contributed by atoms with Gasteiger partial charge in [-0.25, -0.2) is 9.18 Å². The number of amides is 1. The van der Waals surface area contributed by atoms with E-state index in [2.05, 4.69) is 0 Å². The second kappa shape index (κ2) is 8.59. The average Bonchev–Trinajstić information content (AvgIpc) is 2.98. The summed E-state index contributed by atoms with van der Waals surface area (Å²) in [6, 6.07) is 4.29. The summed E-state index contributed by atoms with van der Waals surface area (Å²) in [7, 11) is 0. The maximum atomic E-state index is 13.8. The normalized spacial score (nSPS) is 18.4. The van der Waals surface area contributed by atoms with E-state index >= 15 is 0 Å². The van der Waals surface area contributed by atoms with Gasteiger partial charge in [0.2, 0.25) is 0 Å². The molecule has 6 nitrogen and oxygen atoms in total. The first kappa shape index (κ1) is 23.0. The lowest BCUT2D eigenvalue weighted by Crippen LogP contribution is -2.38. The zero-order chi connectivity index (χ0) is 22.0. The maximum absolute atomic E-state index is 13.8. The molecule has 1 aliphatic rings. The van der Waals surface area contributed by atoms with Crippen molar-refractivity contribution < 1.29 is 23.5 Å². The van der Waals surface area contributed by atoms with Crippen molar-refractivity contribution in [2.24, 2.45) is 11.8 Å². The third-order valence-electron chi connectivity index (χ3n) is 4.59. The smallest absolute Gasteiger partial charge is 0.410 e. The number of carbonyl (C=O) groups excluding carboxylic acids is 2. The molecule has 1 aromatic rings. The number of hydrogen-bond donors (Lipinski definition) is 1. The van der Waals surface area contributed by atoms with Crippen LogP contribution in [-0.4, -0.2) is 41.3 Å². The Morgan fingerprint density at radius 3 is 2.31 bits per heavy atom. The predicted molar refractivity (Wildman–Crippen MR) is 110 cm³/mol. The summed E-state index contributed by atoms with van der Waals surface area (Å²) < 4.78 is 24.9. The number of halogens is 1. The molecule has 29 heavy (non-hydrogen) atoms. The van der Waals surface area contributed by atoms with Crippen LogP contribution in [0.15, 0.2) is 18.2 Å². The highest BCUT2D eigenvalue weighted by molar-refractivity contribution is 5.74. The SMILES string of the molecule is CC(C)(C)OC(=O)[C@@H](Cc1cc(N)cc(F)c1)[C@H]1CCN(C(=O)OC(C)(C)C)C1. The Labute approximate surface area is 172 Å². The van der Waals surface area contributed by atoms with Gasteiger partial charge in [0.25, 0.3) is 0 Å². The molecule has 1 aromatic carbocycles. The number of ether oxygens (including phenoxy) is 2. The number of benzene rings is 1. The summed E-state index contributed by atoms with van der Waals surface area (Å²) in [5, 5.41) is 0. The van der Waals surface area contributed by atoms with Gasteiger partial charge >= 0.3 is 12.1 Å². The van der Waals surface area contributed by atoms with Crippen LogP contribution >= 0.6 is 0 Å². The number of rotatable bonds is 4. The van der Waals surface area contributed by atoms with Crippen LogP contribution in [-0.2, 0) is 20.7 Å². The van der Waals surface area contributed by atoms with Crippen LogP contribution in [0.3, 0.4) is 0 Å². The maximum Gasteiger partial charge on any atom is 0.410 e. The topological polar surface area (TPSA) is 81.9 Å².